The van der Waals surface area contributed by atoms with Gasteiger partial charge in [0.2, 0.25) is 0 Å². The monoisotopic (exact) mass is 424 g/mol. The third-order valence-corrected chi connectivity index (χ3v) is 6.21. The largest absolute Gasteiger partial charge is 0.310 e. The number of hydrogen-bond acceptors (Lipinski definition) is 1. The maximum atomic E-state index is 2.37. The van der Waals surface area contributed by atoms with Gasteiger partial charge in [0.1, 0.15) is 0 Å². The molecule has 0 spiro atoms. The minimum absolute atomic E-state index is 1.14. The molecule has 0 saturated heterocycles. The molecule has 2 nitrogen and oxygen atoms in total. The molecular formula is C31H24N2. The molecule has 0 N–H and O–H groups in total. The van der Waals surface area contributed by atoms with Gasteiger partial charge in [0.25, 0.3) is 0 Å². The number of nitrogens with zero attached hydrogens (tertiary/aromatic N) is 2. The molecule has 6 rings (SSSR count). The summed E-state index contributed by atoms with van der Waals surface area (Å²) in [6, 6.07) is 45.3. The zero-order chi connectivity index (χ0) is 22.2. The summed E-state index contributed by atoms with van der Waals surface area (Å²) in [7, 11) is 0. The van der Waals surface area contributed by atoms with E-state index in [4.69, 9.17) is 0 Å². The molecule has 33 heavy (non-hydrogen) atoms. The van der Waals surface area contributed by atoms with Gasteiger partial charge in [-0.05, 0) is 73.2 Å². The highest BCUT2D eigenvalue weighted by atomic mass is 15.1. The van der Waals surface area contributed by atoms with Gasteiger partial charge in [-0.3, -0.25) is 0 Å². The van der Waals surface area contributed by atoms with Crippen molar-refractivity contribution in [2.75, 3.05) is 4.90 Å². The number of fused-ring (bicyclic) bond motifs is 3. The third kappa shape index (κ3) is 3.37. The van der Waals surface area contributed by atoms with Crippen molar-refractivity contribution >= 4 is 38.9 Å². The molecule has 0 fully saturated rings. The highest BCUT2D eigenvalue weighted by Gasteiger charge is 2.17. The zero-order valence-electron chi connectivity index (χ0n) is 18.5. The Bertz CT molecular complexity index is 1510. The molecule has 0 aliphatic heterocycles. The second kappa shape index (κ2) is 7.99. The molecule has 1 aromatic heterocycles. The minimum Gasteiger partial charge on any atom is -0.310 e. The summed E-state index contributed by atoms with van der Waals surface area (Å²) in [5.41, 5.74) is 8.33. The molecule has 0 saturated carbocycles. The van der Waals surface area contributed by atoms with Gasteiger partial charge in [0.15, 0.2) is 0 Å². The normalized spacial score (nSPS) is 11.2. The number of anilines is 3. The lowest BCUT2D eigenvalue weighted by Gasteiger charge is -2.25. The molecule has 0 bridgehead atoms. The summed E-state index contributed by atoms with van der Waals surface area (Å²) in [6.07, 6.45) is 0. The maximum Gasteiger partial charge on any atom is 0.0543 e. The van der Waals surface area contributed by atoms with E-state index in [-0.39, 0.29) is 0 Å². The van der Waals surface area contributed by atoms with Crippen molar-refractivity contribution in [1.82, 2.24) is 4.57 Å². The van der Waals surface area contributed by atoms with E-state index in [1.165, 1.54) is 33.1 Å². The van der Waals surface area contributed by atoms with Crippen LogP contribution in [0.25, 0.3) is 27.5 Å². The Balaban J connectivity index is 1.63. The van der Waals surface area contributed by atoms with Crippen LogP contribution in [0.1, 0.15) is 5.56 Å². The summed E-state index contributed by atoms with van der Waals surface area (Å²) < 4.78 is 2.37. The van der Waals surface area contributed by atoms with Crippen LogP contribution in [0.15, 0.2) is 127 Å². The lowest BCUT2D eigenvalue weighted by molar-refractivity contribution is 1.18. The fourth-order valence-electron chi connectivity index (χ4n) is 4.71. The number of benzene rings is 5. The van der Waals surface area contributed by atoms with Gasteiger partial charge >= 0.3 is 0 Å². The van der Waals surface area contributed by atoms with Crippen molar-refractivity contribution in [1.29, 1.82) is 0 Å². The van der Waals surface area contributed by atoms with Crippen molar-refractivity contribution in [3.63, 3.8) is 0 Å². The Hall–Kier alpha value is -4.30. The quantitative estimate of drug-likeness (QED) is 0.275. The molecule has 0 amide bonds. The molecule has 0 atom stereocenters. The second-order valence-electron chi connectivity index (χ2n) is 8.40. The SMILES string of the molecule is Cc1ccc2c3cc(N(c4ccccc4)c4ccccc4)ccc3n(-c3ccccc3)c2c1. The summed E-state index contributed by atoms with van der Waals surface area (Å²) in [6.45, 7) is 2.16. The summed E-state index contributed by atoms with van der Waals surface area (Å²) >= 11 is 0. The summed E-state index contributed by atoms with van der Waals surface area (Å²) in [5, 5.41) is 2.52. The van der Waals surface area contributed by atoms with Crippen molar-refractivity contribution in [3.8, 4) is 5.69 Å². The van der Waals surface area contributed by atoms with Gasteiger partial charge in [-0.15, -0.1) is 0 Å². The van der Waals surface area contributed by atoms with Crippen molar-refractivity contribution in [2.45, 2.75) is 6.92 Å². The number of hydrogen-bond donors (Lipinski definition) is 0. The Labute approximate surface area is 194 Å². The molecule has 5 aromatic carbocycles. The first-order chi connectivity index (χ1) is 16.3. The first kappa shape index (κ1) is 19.4. The molecule has 0 unspecified atom stereocenters. The first-order valence-corrected chi connectivity index (χ1v) is 11.3. The lowest BCUT2D eigenvalue weighted by atomic mass is 10.1. The first-order valence-electron chi connectivity index (χ1n) is 11.3. The Morgan fingerprint density at radius 2 is 1.09 bits per heavy atom. The fraction of sp³-hybridized carbons (Fsp3) is 0.0323. The van der Waals surface area contributed by atoms with Gasteiger partial charge in [0, 0.05) is 33.5 Å². The molecule has 0 aliphatic rings. The van der Waals surface area contributed by atoms with Crippen molar-refractivity contribution < 1.29 is 0 Å². The van der Waals surface area contributed by atoms with Crippen LogP contribution < -0.4 is 4.90 Å². The summed E-state index contributed by atoms with van der Waals surface area (Å²) in [5.74, 6) is 0. The molecule has 6 aromatic rings. The Morgan fingerprint density at radius 1 is 0.485 bits per heavy atom. The van der Waals surface area contributed by atoms with E-state index >= 15 is 0 Å². The Morgan fingerprint density at radius 3 is 1.73 bits per heavy atom. The molecule has 2 heteroatoms. The van der Waals surface area contributed by atoms with Gasteiger partial charge in [-0.2, -0.15) is 0 Å². The van der Waals surface area contributed by atoms with Crippen LogP contribution in [0.2, 0.25) is 0 Å². The van der Waals surface area contributed by atoms with E-state index in [1.54, 1.807) is 0 Å². The third-order valence-electron chi connectivity index (χ3n) is 6.21. The van der Waals surface area contributed by atoms with E-state index in [0.717, 1.165) is 17.1 Å². The minimum atomic E-state index is 1.14. The molecule has 0 radical (unpaired) electrons. The predicted octanol–water partition coefficient (Wildman–Crippen LogP) is 8.56. The lowest BCUT2D eigenvalue weighted by Crippen LogP contribution is -2.09. The van der Waals surface area contributed by atoms with Crippen LogP contribution in [-0.2, 0) is 0 Å². The van der Waals surface area contributed by atoms with Crippen molar-refractivity contribution in [3.05, 3.63) is 133 Å². The molecular weight excluding hydrogens is 400 g/mol. The van der Waals surface area contributed by atoms with Gasteiger partial charge in [-0.1, -0.05) is 66.7 Å². The molecule has 1 heterocycles. The van der Waals surface area contributed by atoms with Gasteiger partial charge in [0.05, 0.1) is 11.0 Å². The van der Waals surface area contributed by atoms with Crippen LogP contribution >= 0.6 is 0 Å². The van der Waals surface area contributed by atoms with Gasteiger partial charge < -0.3 is 9.47 Å². The second-order valence-corrected chi connectivity index (χ2v) is 8.40. The zero-order valence-corrected chi connectivity index (χ0v) is 18.5. The molecule has 0 aliphatic carbocycles. The standard InChI is InChI=1S/C31H24N2/c1-23-17-19-28-29-22-27(32(24-11-5-2-6-12-24)25-13-7-3-8-14-25)18-20-30(29)33(31(28)21-23)26-15-9-4-10-16-26/h2-22H,1H3. The number of para-hydroxylation sites is 3. The highest BCUT2D eigenvalue weighted by Crippen LogP contribution is 2.39. The fourth-order valence-corrected chi connectivity index (χ4v) is 4.71. The van der Waals surface area contributed by atoms with E-state index < -0.39 is 0 Å². The summed E-state index contributed by atoms with van der Waals surface area (Å²) in [4.78, 5) is 2.32. The maximum absolute atomic E-state index is 2.37. The van der Waals surface area contributed by atoms with E-state index in [1.807, 2.05) is 0 Å². The van der Waals surface area contributed by atoms with Crippen molar-refractivity contribution in [2.24, 2.45) is 0 Å². The average molecular weight is 425 g/mol. The van der Waals surface area contributed by atoms with Crippen LogP contribution in [0.5, 0.6) is 0 Å². The number of rotatable bonds is 4. The number of aryl methyl sites for hydroxylation is 1. The molecule has 158 valence electrons. The number of aromatic nitrogens is 1. The van der Waals surface area contributed by atoms with E-state index in [9.17, 15) is 0 Å². The van der Waals surface area contributed by atoms with Crippen LogP contribution in [0.3, 0.4) is 0 Å². The van der Waals surface area contributed by atoms with Crippen LogP contribution in [-0.4, -0.2) is 4.57 Å². The van der Waals surface area contributed by atoms with Crippen LogP contribution in [0.4, 0.5) is 17.1 Å². The van der Waals surface area contributed by atoms with Crippen LogP contribution in [0, 0.1) is 6.92 Å². The Kier molecular flexibility index (Phi) is 4.70. The topological polar surface area (TPSA) is 8.17 Å². The smallest absolute Gasteiger partial charge is 0.0543 e. The van der Waals surface area contributed by atoms with E-state index in [2.05, 4.69) is 144 Å². The van der Waals surface area contributed by atoms with E-state index in [0.29, 0.717) is 0 Å². The van der Waals surface area contributed by atoms with Gasteiger partial charge in [-0.25, -0.2) is 0 Å². The highest BCUT2D eigenvalue weighted by molar-refractivity contribution is 6.10. The predicted molar refractivity (Wildman–Crippen MR) is 140 cm³/mol. The average Bonchev–Trinajstić information content (AvgIpc) is 3.19.